The second-order valence-electron chi connectivity index (χ2n) is 5.35. The molecule has 0 spiro atoms. The van der Waals surface area contributed by atoms with Crippen LogP contribution in [0.25, 0.3) is 16.8 Å². The van der Waals surface area contributed by atoms with Gasteiger partial charge in [0.25, 0.3) is 11.1 Å². The lowest BCUT2D eigenvalue weighted by Crippen LogP contribution is -2.33. The van der Waals surface area contributed by atoms with Gasteiger partial charge in [0.2, 0.25) is 0 Å². The molecule has 1 saturated heterocycles. The summed E-state index contributed by atoms with van der Waals surface area (Å²) in [6.07, 6.45) is 6.79. The molecule has 0 radical (unpaired) electrons. The van der Waals surface area contributed by atoms with Crippen LogP contribution in [0.4, 0.5) is 4.79 Å². The molecule has 0 atom stereocenters. The number of hydrogen-bond acceptors (Lipinski definition) is 5. The fourth-order valence-corrected chi connectivity index (χ4v) is 3.39. The van der Waals surface area contributed by atoms with Crippen LogP contribution in [0.2, 0.25) is 0 Å². The first kappa shape index (κ1) is 17.6. The number of nitrogens with zero attached hydrogens (tertiary/aromatic N) is 1. The Balaban J connectivity index is 2.08. The van der Waals surface area contributed by atoms with Crippen molar-refractivity contribution in [1.82, 2.24) is 4.90 Å². The van der Waals surface area contributed by atoms with Gasteiger partial charge in [-0.3, -0.25) is 19.3 Å². The number of imide groups is 1. The molecule has 0 bridgehead atoms. The number of thioether (sulfide) groups is 1. The van der Waals surface area contributed by atoms with E-state index in [1.165, 1.54) is 0 Å². The van der Waals surface area contributed by atoms with Crippen LogP contribution in [0.1, 0.15) is 5.56 Å². The molecule has 1 aliphatic heterocycles. The standard InChI is InChI=1S/C19H13NO5S/c1-2-9-25-15-8-7-12-5-3-4-6-13(12)14(15)10-16-18(23)20(11-17(21)22)19(24)26-16/h1,3-8,10H,9,11H2,(H,21,22)/b16-10+. The maximum Gasteiger partial charge on any atom is 0.323 e. The molecule has 2 aromatic carbocycles. The SMILES string of the molecule is C#CCOc1ccc2ccccc2c1/C=C1/SC(=O)N(CC(=O)O)C1=O. The Labute approximate surface area is 153 Å². The largest absolute Gasteiger partial charge is 0.480 e. The Kier molecular flexibility index (Phi) is 4.96. The number of hydrogen-bond donors (Lipinski definition) is 1. The molecule has 0 unspecified atom stereocenters. The van der Waals surface area contributed by atoms with Gasteiger partial charge in [-0.25, -0.2) is 0 Å². The van der Waals surface area contributed by atoms with E-state index in [1.807, 2.05) is 30.3 Å². The Bertz CT molecular complexity index is 989. The number of aliphatic carboxylic acids is 1. The third kappa shape index (κ3) is 3.41. The summed E-state index contributed by atoms with van der Waals surface area (Å²) in [7, 11) is 0. The Morgan fingerprint density at radius 2 is 2.04 bits per heavy atom. The van der Waals surface area contributed by atoms with Crippen LogP contribution in [0.3, 0.4) is 0 Å². The van der Waals surface area contributed by atoms with Crippen LogP contribution in [-0.2, 0) is 9.59 Å². The highest BCUT2D eigenvalue weighted by molar-refractivity contribution is 8.18. The molecule has 2 aromatic rings. The molecular formula is C19H13NO5S. The summed E-state index contributed by atoms with van der Waals surface area (Å²) in [5.74, 6) is 0.972. The van der Waals surface area contributed by atoms with Crippen molar-refractivity contribution in [3.05, 3.63) is 46.9 Å². The molecule has 7 heteroatoms. The average Bonchev–Trinajstić information content (AvgIpc) is 2.88. The van der Waals surface area contributed by atoms with E-state index in [0.29, 0.717) is 28.0 Å². The van der Waals surface area contributed by atoms with E-state index in [0.717, 1.165) is 10.8 Å². The number of ether oxygens (including phenoxy) is 1. The van der Waals surface area contributed by atoms with Crippen LogP contribution in [0.5, 0.6) is 5.75 Å². The fraction of sp³-hybridized carbons (Fsp3) is 0.105. The lowest BCUT2D eigenvalue weighted by molar-refractivity contribution is -0.140. The normalized spacial score (nSPS) is 15.5. The maximum atomic E-state index is 12.4. The molecule has 3 rings (SSSR count). The van der Waals surface area contributed by atoms with Gasteiger partial charge in [-0.05, 0) is 34.7 Å². The second kappa shape index (κ2) is 7.33. The number of terminal acetylenes is 1. The van der Waals surface area contributed by atoms with E-state index in [9.17, 15) is 14.4 Å². The van der Waals surface area contributed by atoms with Gasteiger partial charge in [-0.1, -0.05) is 36.3 Å². The number of benzene rings is 2. The summed E-state index contributed by atoms with van der Waals surface area (Å²) in [4.78, 5) is 36.0. The third-order valence-electron chi connectivity index (χ3n) is 3.68. The summed E-state index contributed by atoms with van der Waals surface area (Å²) in [6, 6.07) is 11.1. The van der Waals surface area contributed by atoms with Crippen LogP contribution < -0.4 is 4.74 Å². The molecule has 2 amide bonds. The number of carbonyl (C=O) groups excluding carboxylic acids is 2. The van der Waals surface area contributed by atoms with E-state index in [-0.39, 0.29) is 11.5 Å². The van der Waals surface area contributed by atoms with Crippen LogP contribution >= 0.6 is 11.8 Å². The van der Waals surface area contributed by atoms with Gasteiger partial charge in [0, 0.05) is 5.56 Å². The first-order chi connectivity index (χ1) is 12.5. The zero-order chi connectivity index (χ0) is 18.7. The molecule has 6 nitrogen and oxygen atoms in total. The van der Waals surface area contributed by atoms with Gasteiger partial charge in [0.1, 0.15) is 18.9 Å². The number of carboxylic acids is 1. The lowest BCUT2D eigenvalue weighted by Gasteiger charge is -2.11. The highest BCUT2D eigenvalue weighted by Crippen LogP contribution is 2.36. The fourth-order valence-electron chi connectivity index (χ4n) is 2.57. The summed E-state index contributed by atoms with van der Waals surface area (Å²) >= 11 is 0.699. The average molecular weight is 367 g/mol. The number of rotatable bonds is 5. The minimum absolute atomic E-state index is 0.0552. The smallest absolute Gasteiger partial charge is 0.323 e. The summed E-state index contributed by atoms with van der Waals surface area (Å²) in [6.45, 7) is -0.613. The topological polar surface area (TPSA) is 83.9 Å². The van der Waals surface area contributed by atoms with E-state index < -0.39 is 23.7 Å². The molecule has 0 aromatic heterocycles. The molecule has 26 heavy (non-hydrogen) atoms. The van der Waals surface area contributed by atoms with Crippen molar-refractivity contribution < 1.29 is 24.2 Å². The number of carbonyl (C=O) groups is 3. The monoisotopic (exact) mass is 367 g/mol. The van der Waals surface area contributed by atoms with Crippen molar-refractivity contribution in [2.24, 2.45) is 0 Å². The number of carboxylic acid groups (broad SMARTS) is 1. The van der Waals surface area contributed by atoms with Crippen molar-refractivity contribution in [1.29, 1.82) is 0 Å². The molecule has 1 heterocycles. The van der Waals surface area contributed by atoms with Crippen molar-refractivity contribution >= 4 is 45.7 Å². The number of amides is 2. The minimum atomic E-state index is -1.25. The summed E-state index contributed by atoms with van der Waals surface area (Å²) < 4.78 is 5.56. The summed E-state index contributed by atoms with van der Waals surface area (Å²) in [5, 5.41) is 9.99. The third-order valence-corrected chi connectivity index (χ3v) is 4.59. The van der Waals surface area contributed by atoms with E-state index in [4.69, 9.17) is 16.3 Å². The van der Waals surface area contributed by atoms with Crippen LogP contribution in [0.15, 0.2) is 41.3 Å². The van der Waals surface area contributed by atoms with Crippen molar-refractivity contribution in [2.75, 3.05) is 13.2 Å². The molecule has 130 valence electrons. The Hall–Kier alpha value is -3.24. The van der Waals surface area contributed by atoms with Crippen molar-refractivity contribution in [3.8, 4) is 18.1 Å². The van der Waals surface area contributed by atoms with Gasteiger partial charge < -0.3 is 9.84 Å². The highest BCUT2D eigenvalue weighted by atomic mass is 32.2. The molecule has 0 saturated carbocycles. The molecular weight excluding hydrogens is 354 g/mol. The first-order valence-corrected chi connectivity index (χ1v) is 8.38. The predicted octanol–water partition coefficient (Wildman–Crippen LogP) is 2.97. The van der Waals surface area contributed by atoms with Crippen molar-refractivity contribution in [3.63, 3.8) is 0 Å². The van der Waals surface area contributed by atoms with E-state index >= 15 is 0 Å². The highest BCUT2D eigenvalue weighted by Gasteiger charge is 2.36. The number of fused-ring (bicyclic) bond motifs is 1. The lowest BCUT2D eigenvalue weighted by atomic mass is 10.0. The van der Waals surface area contributed by atoms with Crippen LogP contribution in [0, 0.1) is 12.3 Å². The quantitative estimate of drug-likeness (QED) is 0.646. The zero-order valence-corrected chi connectivity index (χ0v) is 14.3. The van der Waals surface area contributed by atoms with Gasteiger partial charge in [-0.2, -0.15) is 0 Å². The maximum absolute atomic E-state index is 12.4. The van der Waals surface area contributed by atoms with Gasteiger partial charge in [-0.15, -0.1) is 6.42 Å². The molecule has 1 fully saturated rings. The molecule has 1 N–H and O–H groups in total. The van der Waals surface area contributed by atoms with Gasteiger partial charge in [0.05, 0.1) is 4.91 Å². The van der Waals surface area contributed by atoms with Crippen molar-refractivity contribution in [2.45, 2.75) is 0 Å². The zero-order valence-electron chi connectivity index (χ0n) is 13.5. The second-order valence-corrected chi connectivity index (χ2v) is 6.35. The van der Waals surface area contributed by atoms with Gasteiger partial charge >= 0.3 is 5.97 Å². The Morgan fingerprint density at radius 3 is 2.77 bits per heavy atom. The predicted molar refractivity (Wildman–Crippen MR) is 98.6 cm³/mol. The Morgan fingerprint density at radius 1 is 1.27 bits per heavy atom. The van der Waals surface area contributed by atoms with E-state index in [2.05, 4.69) is 5.92 Å². The summed E-state index contributed by atoms with van der Waals surface area (Å²) in [5.41, 5.74) is 0.610. The van der Waals surface area contributed by atoms with Gasteiger partial charge in [0.15, 0.2) is 0 Å². The van der Waals surface area contributed by atoms with E-state index in [1.54, 1.807) is 12.1 Å². The minimum Gasteiger partial charge on any atom is -0.480 e. The molecule has 1 aliphatic rings. The first-order valence-electron chi connectivity index (χ1n) is 7.56. The molecule has 0 aliphatic carbocycles. The van der Waals surface area contributed by atoms with Crippen LogP contribution in [-0.4, -0.2) is 40.3 Å².